The van der Waals surface area contributed by atoms with E-state index in [1.807, 2.05) is 36.1 Å². The largest absolute Gasteiger partial charge is 0.303 e. The van der Waals surface area contributed by atoms with E-state index >= 15 is 0 Å². The summed E-state index contributed by atoms with van der Waals surface area (Å²) in [5.41, 5.74) is 3.04. The van der Waals surface area contributed by atoms with Crippen LogP contribution in [0.15, 0.2) is 54.2 Å². The molecule has 5 nitrogen and oxygen atoms in total. The predicted molar refractivity (Wildman–Crippen MR) is 93.8 cm³/mol. The smallest absolute Gasteiger partial charge is 0.163 e. The zero-order chi connectivity index (χ0) is 17.1. The number of nitriles is 1. The van der Waals surface area contributed by atoms with Crippen LogP contribution in [0.25, 0.3) is 5.70 Å². The molecule has 0 spiro atoms. The van der Waals surface area contributed by atoms with Gasteiger partial charge in [0.25, 0.3) is 0 Å². The first-order valence-electron chi connectivity index (χ1n) is 7.62. The first-order chi connectivity index (χ1) is 11.7. The van der Waals surface area contributed by atoms with Crippen LogP contribution in [0, 0.1) is 17.2 Å². The van der Waals surface area contributed by atoms with Crippen LogP contribution in [0.5, 0.6) is 0 Å². The molecule has 0 amide bonds. The number of aromatic nitrogens is 1. The summed E-state index contributed by atoms with van der Waals surface area (Å²) in [6.45, 7) is 6.15. The lowest BCUT2D eigenvalue weighted by atomic mass is 10.0. The number of fused-ring (bicyclic) bond motifs is 1. The Labute approximate surface area is 140 Å². The van der Waals surface area contributed by atoms with E-state index in [-0.39, 0.29) is 5.92 Å². The molecule has 1 aliphatic heterocycles. The minimum absolute atomic E-state index is 0.0787. The van der Waals surface area contributed by atoms with Gasteiger partial charge in [-0.05, 0) is 36.4 Å². The van der Waals surface area contributed by atoms with Crippen molar-refractivity contribution in [3.8, 4) is 6.07 Å². The van der Waals surface area contributed by atoms with E-state index in [0.717, 1.165) is 29.1 Å². The highest BCUT2D eigenvalue weighted by Crippen LogP contribution is 2.36. The van der Waals surface area contributed by atoms with Crippen molar-refractivity contribution in [2.75, 3.05) is 4.90 Å². The number of aliphatic imine (C=N–C) groups is 1. The molecule has 24 heavy (non-hydrogen) atoms. The van der Waals surface area contributed by atoms with E-state index in [0.29, 0.717) is 17.8 Å². The number of anilines is 1. The molecule has 1 aromatic carbocycles. The molecule has 0 fully saturated rings. The molecular weight excluding hydrogens is 300 g/mol. The molecule has 1 aromatic heterocycles. The van der Waals surface area contributed by atoms with E-state index in [9.17, 15) is 4.79 Å². The van der Waals surface area contributed by atoms with Gasteiger partial charge in [0.1, 0.15) is 12.1 Å². The SMILES string of the molecule is C=C1c2cccnc2N=C(C(C)CC=O)N1c1ccc(C#N)cc1. The third-order valence-corrected chi connectivity index (χ3v) is 3.96. The van der Waals surface area contributed by atoms with Crippen LogP contribution >= 0.6 is 0 Å². The maximum Gasteiger partial charge on any atom is 0.163 e. The number of carbonyl (C=O) groups excluding carboxylic acids is 1. The van der Waals surface area contributed by atoms with Gasteiger partial charge in [-0.25, -0.2) is 9.98 Å². The van der Waals surface area contributed by atoms with Gasteiger partial charge in [-0.1, -0.05) is 13.5 Å². The molecule has 1 aliphatic rings. The van der Waals surface area contributed by atoms with Crippen molar-refractivity contribution in [1.82, 2.24) is 4.98 Å². The molecular formula is C19H16N4O. The highest BCUT2D eigenvalue weighted by Gasteiger charge is 2.28. The predicted octanol–water partition coefficient (Wildman–Crippen LogP) is 3.70. The van der Waals surface area contributed by atoms with Crippen LogP contribution < -0.4 is 4.90 Å². The summed E-state index contributed by atoms with van der Waals surface area (Å²) in [5, 5.41) is 8.98. The van der Waals surface area contributed by atoms with Gasteiger partial charge in [-0.3, -0.25) is 4.90 Å². The summed E-state index contributed by atoms with van der Waals surface area (Å²) < 4.78 is 0. The number of carbonyl (C=O) groups is 1. The lowest BCUT2D eigenvalue weighted by molar-refractivity contribution is -0.108. The monoisotopic (exact) mass is 316 g/mol. The maximum atomic E-state index is 11.0. The quantitative estimate of drug-likeness (QED) is 0.806. The van der Waals surface area contributed by atoms with Crippen LogP contribution in [0.3, 0.4) is 0 Å². The second-order valence-corrected chi connectivity index (χ2v) is 5.59. The molecule has 2 aromatic rings. The Hall–Kier alpha value is -3.26. The van der Waals surface area contributed by atoms with Crippen LogP contribution in [-0.4, -0.2) is 17.1 Å². The molecule has 1 unspecified atom stereocenters. The fraction of sp³-hybridized carbons (Fsp3) is 0.158. The summed E-state index contributed by atoms with van der Waals surface area (Å²) in [6.07, 6.45) is 2.94. The number of rotatable bonds is 4. The van der Waals surface area contributed by atoms with E-state index in [2.05, 4.69) is 22.6 Å². The van der Waals surface area contributed by atoms with Gasteiger partial charge in [0.2, 0.25) is 0 Å². The van der Waals surface area contributed by atoms with Gasteiger partial charge >= 0.3 is 0 Å². The lowest BCUT2D eigenvalue weighted by Gasteiger charge is -2.34. The van der Waals surface area contributed by atoms with E-state index < -0.39 is 0 Å². The number of aldehydes is 1. The Balaban J connectivity index is 2.12. The molecule has 5 heteroatoms. The van der Waals surface area contributed by atoms with Crippen molar-refractivity contribution in [2.24, 2.45) is 10.9 Å². The Kier molecular flexibility index (Phi) is 4.21. The average Bonchev–Trinajstić information content (AvgIpc) is 2.62. The molecule has 118 valence electrons. The first-order valence-corrected chi connectivity index (χ1v) is 7.62. The van der Waals surface area contributed by atoms with Crippen LogP contribution in [0.4, 0.5) is 11.5 Å². The van der Waals surface area contributed by atoms with Crippen molar-refractivity contribution >= 4 is 29.3 Å². The van der Waals surface area contributed by atoms with Gasteiger partial charge in [-0.15, -0.1) is 0 Å². The Bertz CT molecular complexity index is 862. The second kappa shape index (κ2) is 6.47. The molecule has 0 aliphatic carbocycles. The number of amidine groups is 1. The Morgan fingerprint density at radius 1 is 1.33 bits per heavy atom. The molecule has 2 heterocycles. The minimum atomic E-state index is -0.0787. The first kappa shape index (κ1) is 15.6. The molecule has 1 atom stereocenters. The zero-order valence-corrected chi connectivity index (χ0v) is 13.3. The van der Waals surface area contributed by atoms with E-state index in [1.165, 1.54) is 0 Å². The number of benzene rings is 1. The summed E-state index contributed by atoms with van der Waals surface area (Å²) in [5.74, 6) is 1.26. The standard InChI is InChI=1S/C19H16N4O/c1-13(9-11-24)19-22-18-17(4-3-10-21-18)14(2)23(19)16-7-5-15(12-20)6-8-16/h3-8,10-11,13H,2,9H2,1H3. The molecule has 0 bridgehead atoms. The van der Waals surface area contributed by atoms with E-state index in [1.54, 1.807) is 18.3 Å². The third kappa shape index (κ3) is 2.70. The summed E-state index contributed by atoms with van der Waals surface area (Å²) >= 11 is 0. The number of nitrogens with zero attached hydrogens (tertiary/aromatic N) is 4. The molecule has 0 saturated heterocycles. The molecule has 0 N–H and O–H groups in total. The minimum Gasteiger partial charge on any atom is -0.303 e. The van der Waals surface area contributed by atoms with Crippen LogP contribution in [0.1, 0.15) is 24.5 Å². The summed E-state index contributed by atoms with van der Waals surface area (Å²) in [7, 11) is 0. The highest BCUT2D eigenvalue weighted by atomic mass is 16.1. The van der Waals surface area contributed by atoms with Crippen molar-refractivity contribution in [1.29, 1.82) is 5.26 Å². The highest BCUT2D eigenvalue weighted by molar-refractivity contribution is 6.13. The fourth-order valence-corrected chi connectivity index (χ4v) is 2.68. The zero-order valence-electron chi connectivity index (χ0n) is 13.3. The van der Waals surface area contributed by atoms with Gasteiger partial charge in [0.15, 0.2) is 5.82 Å². The van der Waals surface area contributed by atoms with Crippen molar-refractivity contribution in [3.63, 3.8) is 0 Å². The lowest BCUT2D eigenvalue weighted by Crippen LogP contribution is -2.36. The van der Waals surface area contributed by atoms with Crippen molar-refractivity contribution in [3.05, 3.63) is 60.3 Å². The normalized spacial score (nSPS) is 14.4. The van der Waals surface area contributed by atoms with Crippen LogP contribution in [-0.2, 0) is 4.79 Å². The van der Waals surface area contributed by atoms with Crippen molar-refractivity contribution in [2.45, 2.75) is 13.3 Å². The molecule has 0 radical (unpaired) electrons. The topological polar surface area (TPSA) is 69.3 Å². The van der Waals surface area contributed by atoms with Gasteiger partial charge in [0.05, 0.1) is 17.3 Å². The Morgan fingerprint density at radius 3 is 2.75 bits per heavy atom. The number of hydrogen-bond donors (Lipinski definition) is 0. The fourth-order valence-electron chi connectivity index (χ4n) is 2.68. The third-order valence-electron chi connectivity index (χ3n) is 3.96. The van der Waals surface area contributed by atoms with Crippen molar-refractivity contribution < 1.29 is 4.79 Å². The maximum absolute atomic E-state index is 11.0. The van der Waals surface area contributed by atoms with Gasteiger partial charge in [0, 0.05) is 29.8 Å². The second-order valence-electron chi connectivity index (χ2n) is 5.59. The molecule has 0 saturated carbocycles. The van der Waals surface area contributed by atoms with Gasteiger partial charge in [-0.2, -0.15) is 5.26 Å². The number of hydrogen-bond acceptors (Lipinski definition) is 5. The van der Waals surface area contributed by atoms with Gasteiger partial charge < -0.3 is 4.79 Å². The number of pyridine rings is 1. The average molecular weight is 316 g/mol. The Morgan fingerprint density at radius 2 is 2.08 bits per heavy atom. The van der Waals surface area contributed by atoms with E-state index in [4.69, 9.17) is 5.26 Å². The summed E-state index contributed by atoms with van der Waals surface area (Å²) in [4.78, 5) is 21.9. The summed E-state index contributed by atoms with van der Waals surface area (Å²) in [6, 6.07) is 13.1. The molecule has 3 rings (SSSR count). The van der Waals surface area contributed by atoms with Crippen LogP contribution in [0.2, 0.25) is 0 Å².